The Morgan fingerprint density at radius 1 is 0.357 bits per heavy atom. The van der Waals surface area contributed by atoms with E-state index in [9.17, 15) is 0 Å². The van der Waals surface area contributed by atoms with Gasteiger partial charge in [0.1, 0.15) is 22.3 Å². The van der Waals surface area contributed by atoms with Crippen LogP contribution in [-0.2, 0) is 0 Å². The Morgan fingerprint density at radius 3 is 1.45 bits per heavy atom. The maximum Gasteiger partial charge on any atom is 0.164 e. The van der Waals surface area contributed by atoms with Crippen LogP contribution in [0.1, 0.15) is 0 Å². The van der Waals surface area contributed by atoms with E-state index < -0.39 is 0 Å². The van der Waals surface area contributed by atoms with Gasteiger partial charge in [0.15, 0.2) is 17.5 Å². The molecule has 0 radical (unpaired) electrons. The maximum atomic E-state index is 6.63. The lowest BCUT2D eigenvalue weighted by molar-refractivity contribution is 0.665. The Kier molecular flexibility index (Phi) is 4.83. The zero-order valence-corrected chi connectivity index (χ0v) is 22.3. The molecule has 0 saturated carbocycles. The number of rotatable bonds is 3. The number of nitrogens with zero attached hydrogens (tertiary/aromatic N) is 3. The molecule has 0 fully saturated rings. The van der Waals surface area contributed by atoms with Crippen molar-refractivity contribution in [1.29, 1.82) is 0 Å². The largest absolute Gasteiger partial charge is 0.455 e. The van der Waals surface area contributed by atoms with Crippen molar-refractivity contribution in [2.45, 2.75) is 0 Å². The van der Waals surface area contributed by atoms with Crippen molar-refractivity contribution in [2.75, 3.05) is 0 Å². The molecule has 3 aromatic heterocycles. The highest BCUT2D eigenvalue weighted by molar-refractivity contribution is 6.35. The standard InChI is InChI=1S/C37H21N3O2/c1-3-12-22(13-4-1)35-38-36(23-14-5-2-6-15-23)40-37(39-35)27-19-11-18-26-30-24-16-7-9-20-28(24)41-33(30)32-25-17-8-10-21-29(25)42-34(32)31(26)27/h1-21H. The summed E-state index contributed by atoms with van der Waals surface area (Å²) in [4.78, 5) is 15.0. The van der Waals surface area contributed by atoms with E-state index in [1.165, 1.54) is 0 Å². The van der Waals surface area contributed by atoms with Crippen molar-refractivity contribution in [3.05, 3.63) is 127 Å². The summed E-state index contributed by atoms with van der Waals surface area (Å²) >= 11 is 0. The van der Waals surface area contributed by atoms with Crippen LogP contribution in [0.5, 0.6) is 0 Å². The van der Waals surface area contributed by atoms with E-state index in [4.69, 9.17) is 23.8 Å². The molecule has 5 heteroatoms. The minimum atomic E-state index is 0.585. The quantitative estimate of drug-likeness (QED) is 0.224. The summed E-state index contributed by atoms with van der Waals surface area (Å²) in [5, 5.41) is 6.07. The fourth-order valence-electron chi connectivity index (χ4n) is 6.06. The highest BCUT2D eigenvalue weighted by Gasteiger charge is 2.24. The Hall–Kier alpha value is -5.81. The zero-order chi connectivity index (χ0) is 27.6. The molecule has 0 amide bonds. The molecule has 0 aliphatic rings. The molecule has 6 aromatic carbocycles. The Bertz CT molecular complexity index is 2400. The number of hydrogen-bond donors (Lipinski definition) is 0. The summed E-state index contributed by atoms with van der Waals surface area (Å²) in [5.41, 5.74) is 5.96. The molecule has 0 bridgehead atoms. The van der Waals surface area contributed by atoms with E-state index >= 15 is 0 Å². The van der Waals surface area contributed by atoms with Crippen molar-refractivity contribution >= 4 is 54.6 Å². The summed E-state index contributed by atoms with van der Waals surface area (Å²) in [6.07, 6.45) is 0. The number of para-hydroxylation sites is 2. The molecule has 0 unspecified atom stereocenters. The third kappa shape index (κ3) is 3.34. The van der Waals surface area contributed by atoms with Gasteiger partial charge in [-0.3, -0.25) is 0 Å². The SMILES string of the molecule is c1ccc(-c2nc(-c3ccccc3)nc(-c3cccc4c3c3oc5ccccc5c3c3oc5ccccc5c43)n2)cc1. The van der Waals surface area contributed by atoms with Gasteiger partial charge in [-0.1, -0.05) is 115 Å². The van der Waals surface area contributed by atoms with Gasteiger partial charge < -0.3 is 8.83 Å². The molecule has 196 valence electrons. The first kappa shape index (κ1) is 22.9. The minimum Gasteiger partial charge on any atom is -0.455 e. The normalized spacial score (nSPS) is 11.8. The van der Waals surface area contributed by atoms with E-state index in [0.717, 1.165) is 71.3 Å². The Labute approximate surface area is 239 Å². The van der Waals surface area contributed by atoms with E-state index in [2.05, 4.69) is 36.4 Å². The molecule has 0 spiro atoms. The lowest BCUT2D eigenvalue weighted by atomic mass is 9.96. The summed E-state index contributed by atoms with van der Waals surface area (Å²) in [5.74, 6) is 1.82. The first-order valence-electron chi connectivity index (χ1n) is 13.9. The van der Waals surface area contributed by atoms with Crippen LogP contribution in [0.25, 0.3) is 88.8 Å². The highest BCUT2D eigenvalue weighted by atomic mass is 16.3. The van der Waals surface area contributed by atoms with Gasteiger partial charge in [0, 0.05) is 38.2 Å². The Morgan fingerprint density at radius 2 is 0.833 bits per heavy atom. The summed E-state index contributed by atoms with van der Waals surface area (Å²) in [6, 6.07) is 42.6. The third-order valence-corrected chi connectivity index (χ3v) is 7.92. The predicted molar refractivity (Wildman–Crippen MR) is 168 cm³/mol. The second kappa shape index (κ2) is 8.85. The van der Waals surface area contributed by atoms with Crippen LogP contribution < -0.4 is 0 Å². The first-order valence-corrected chi connectivity index (χ1v) is 13.9. The van der Waals surface area contributed by atoms with E-state index in [0.29, 0.717) is 17.5 Å². The summed E-state index contributed by atoms with van der Waals surface area (Å²) in [7, 11) is 0. The molecule has 9 aromatic rings. The van der Waals surface area contributed by atoms with Gasteiger partial charge in [-0.2, -0.15) is 0 Å². The number of hydrogen-bond acceptors (Lipinski definition) is 5. The van der Waals surface area contributed by atoms with Crippen LogP contribution in [0, 0.1) is 0 Å². The monoisotopic (exact) mass is 539 g/mol. The van der Waals surface area contributed by atoms with E-state index in [1.54, 1.807) is 0 Å². The lowest BCUT2D eigenvalue weighted by Crippen LogP contribution is -2.00. The van der Waals surface area contributed by atoms with E-state index in [-0.39, 0.29) is 0 Å². The predicted octanol–water partition coefficient (Wildman–Crippen LogP) is 9.82. The van der Waals surface area contributed by atoms with Gasteiger partial charge in [0.05, 0.1) is 5.39 Å². The fourth-order valence-corrected chi connectivity index (χ4v) is 6.06. The van der Waals surface area contributed by atoms with Crippen LogP contribution in [-0.4, -0.2) is 15.0 Å². The van der Waals surface area contributed by atoms with Crippen molar-refractivity contribution in [3.63, 3.8) is 0 Å². The molecule has 3 heterocycles. The second-order valence-corrected chi connectivity index (χ2v) is 10.4. The van der Waals surface area contributed by atoms with Crippen LogP contribution >= 0.6 is 0 Å². The molecule has 0 aliphatic carbocycles. The molecule has 9 rings (SSSR count). The molecule has 0 saturated heterocycles. The molecular weight excluding hydrogens is 518 g/mol. The number of furan rings is 2. The highest BCUT2D eigenvalue weighted by Crippen LogP contribution is 2.47. The number of fused-ring (bicyclic) bond motifs is 10. The average molecular weight is 540 g/mol. The van der Waals surface area contributed by atoms with Crippen LogP contribution in [0.2, 0.25) is 0 Å². The van der Waals surface area contributed by atoms with Crippen LogP contribution in [0.4, 0.5) is 0 Å². The van der Waals surface area contributed by atoms with Gasteiger partial charge in [0.25, 0.3) is 0 Å². The first-order chi connectivity index (χ1) is 20.8. The van der Waals surface area contributed by atoms with Gasteiger partial charge >= 0.3 is 0 Å². The molecule has 42 heavy (non-hydrogen) atoms. The summed E-state index contributed by atoms with van der Waals surface area (Å²) in [6.45, 7) is 0. The van der Waals surface area contributed by atoms with E-state index in [1.807, 2.05) is 91.0 Å². The summed E-state index contributed by atoms with van der Waals surface area (Å²) < 4.78 is 13.2. The maximum absolute atomic E-state index is 6.63. The lowest BCUT2D eigenvalue weighted by Gasteiger charge is -2.11. The minimum absolute atomic E-state index is 0.585. The van der Waals surface area contributed by atoms with Gasteiger partial charge in [-0.05, 0) is 17.5 Å². The fraction of sp³-hybridized carbons (Fsp3) is 0. The van der Waals surface area contributed by atoms with Crippen LogP contribution in [0.15, 0.2) is 136 Å². The molecule has 0 aliphatic heterocycles. The third-order valence-electron chi connectivity index (χ3n) is 7.92. The number of benzene rings is 6. The van der Waals surface area contributed by atoms with Crippen molar-refractivity contribution in [2.24, 2.45) is 0 Å². The second-order valence-electron chi connectivity index (χ2n) is 10.4. The van der Waals surface area contributed by atoms with Crippen molar-refractivity contribution in [1.82, 2.24) is 15.0 Å². The molecule has 0 N–H and O–H groups in total. The average Bonchev–Trinajstić information content (AvgIpc) is 3.64. The molecular formula is C37H21N3O2. The Balaban J connectivity index is 1.46. The smallest absolute Gasteiger partial charge is 0.164 e. The number of aromatic nitrogens is 3. The molecule has 0 atom stereocenters. The van der Waals surface area contributed by atoms with Crippen molar-refractivity contribution < 1.29 is 8.83 Å². The molecule has 5 nitrogen and oxygen atoms in total. The van der Waals surface area contributed by atoms with Crippen LogP contribution in [0.3, 0.4) is 0 Å². The zero-order valence-electron chi connectivity index (χ0n) is 22.3. The van der Waals surface area contributed by atoms with Gasteiger partial charge in [0.2, 0.25) is 0 Å². The van der Waals surface area contributed by atoms with Crippen molar-refractivity contribution in [3.8, 4) is 34.2 Å². The topological polar surface area (TPSA) is 65.0 Å². The van der Waals surface area contributed by atoms with Gasteiger partial charge in [-0.25, -0.2) is 15.0 Å². The van der Waals surface area contributed by atoms with Gasteiger partial charge in [-0.15, -0.1) is 0 Å².